The van der Waals surface area contributed by atoms with Gasteiger partial charge in [0.15, 0.2) is 0 Å². The summed E-state index contributed by atoms with van der Waals surface area (Å²) < 4.78 is 6.49. The SMILES string of the molecule is N#Cc1cc(N)cnc1OCc1ccccc1Br. The number of rotatable bonds is 3. The molecule has 0 saturated carbocycles. The van der Waals surface area contributed by atoms with Crippen molar-refractivity contribution in [1.29, 1.82) is 5.26 Å². The van der Waals surface area contributed by atoms with Crippen molar-refractivity contribution < 1.29 is 4.74 Å². The van der Waals surface area contributed by atoms with Crippen molar-refractivity contribution >= 4 is 21.6 Å². The van der Waals surface area contributed by atoms with Gasteiger partial charge in [-0.2, -0.15) is 5.26 Å². The number of benzene rings is 1. The molecule has 5 heteroatoms. The third kappa shape index (κ3) is 2.79. The predicted molar refractivity (Wildman–Crippen MR) is 71.8 cm³/mol. The maximum absolute atomic E-state index is 8.96. The zero-order valence-electron chi connectivity index (χ0n) is 9.43. The molecular formula is C13H10BrN3O. The number of nitriles is 1. The number of aromatic nitrogens is 1. The Bertz CT molecular complexity index is 607. The van der Waals surface area contributed by atoms with Gasteiger partial charge in [0.1, 0.15) is 18.2 Å². The summed E-state index contributed by atoms with van der Waals surface area (Å²) in [6.45, 7) is 0.340. The van der Waals surface area contributed by atoms with E-state index >= 15 is 0 Å². The fraction of sp³-hybridized carbons (Fsp3) is 0.0769. The lowest BCUT2D eigenvalue weighted by molar-refractivity contribution is 0.292. The lowest BCUT2D eigenvalue weighted by atomic mass is 10.2. The van der Waals surface area contributed by atoms with Crippen LogP contribution in [0.25, 0.3) is 0 Å². The normalized spacial score (nSPS) is 9.78. The number of nitrogens with zero attached hydrogens (tertiary/aromatic N) is 2. The first-order valence-electron chi connectivity index (χ1n) is 5.22. The molecule has 0 amide bonds. The van der Waals surface area contributed by atoms with E-state index in [0.717, 1.165) is 10.0 Å². The van der Waals surface area contributed by atoms with Crippen LogP contribution in [-0.2, 0) is 6.61 Å². The van der Waals surface area contributed by atoms with Gasteiger partial charge in [-0.05, 0) is 12.1 Å². The van der Waals surface area contributed by atoms with Crippen LogP contribution in [0.5, 0.6) is 5.88 Å². The van der Waals surface area contributed by atoms with Crippen molar-refractivity contribution in [2.24, 2.45) is 0 Å². The standard InChI is InChI=1S/C13H10BrN3O/c14-12-4-2-1-3-9(12)8-18-13-10(6-15)5-11(16)7-17-13/h1-5,7H,8,16H2. The van der Waals surface area contributed by atoms with Gasteiger partial charge in [-0.3, -0.25) is 0 Å². The quantitative estimate of drug-likeness (QED) is 0.946. The molecule has 0 atom stereocenters. The molecule has 0 aliphatic rings. The van der Waals surface area contributed by atoms with Gasteiger partial charge in [0.2, 0.25) is 5.88 Å². The Labute approximate surface area is 113 Å². The van der Waals surface area contributed by atoms with E-state index in [4.69, 9.17) is 15.7 Å². The molecule has 0 radical (unpaired) electrons. The Balaban J connectivity index is 2.16. The minimum Gasteiger partial charge on any atom is -0.472 e. The summed E-state index contributed by atoms with van der Waals surface area (Å²) in [5, 5.41) is 8.96. The van der Waals surface area contributed by atoms with E-state index in [1.807, 2.05) is 30.3 Å². The van der Waals surface area contributed by atoms with Crippen molar-refractivity contribution in [3.63, 3.8) is 0 Å². The fourth-order valence-electron chi connectivity index (χ4n) is 1.43. The second kappa shape index (κ2) is 5.52. The molecule has 0 saturated heterocycles. The van der Waals surface area contributed by atoms with E-state index in [0.29, 0.717) is 23.7 Å². The topological polar surface area (TPSA) is 71.9 Å². The van der Waals surface area contributed by atoms with Crippen LogP contribution >= 0.6 is 15.9 Å². The second-order valence-electron chi connectivity index (χ2n) is 3.61. The summed E-state index contributed by atoms with van der Waals surface area (Å²) in [4.78, 5) is 4.01. The number of hydrogen-bond donors (Lipinski definition) is 1. The number of ether oxygens (including phenoxy) is 1. The summed E-state index contributed by atoms with van der Waals surface area (Å²) in [5.74, 6) is 0.294. The first-order valence-corrected chi connectivity index (χ1v) is 6.02. The monoisotopic (exact) mass is 303 g/mol. The summed E-state index contributed by atoms with van der Waals surface area (Å²) in [7, 11) is 0. The molecule has 90 valence electrons. The number of pyridine rings is 1. The van der Waals surface area contributed by atoms with E-state index in [2.05, 4.69) is 20.9 Å². The number of nitrogens with two attached hydrogens (primary N) is 1. The zero-order valence-corrected chi connectivity index (χ0v) is 11.0. The van der Waals surface area contributed by atoms with Crippen LogP contribution in [0.4, 0.5) is 5.69 Å². The van der Waals surface area contributed by atoms with Crippen molar-refractivity contribution in [2.45, 2.75) is 6.61 Å². The van der Waals surface area contributed by atoms with Crippen LogP contribution in [0.2, 0.25) is 0 Å². The molecule has 2 N–H and O–H groups in total. The fourth-order valence-corrected chi connectivity index (χ4v) is 1.82. The van der Waals surface area contributed by atoms with Gasteiger partial charge >= 0.3 is 0 Å². The van der Waals surface area contributed by atoms with Gasteiger partial charge in [0, 0.05) is 10.0 Å². The molecule has 1 aromatic heterocycles. The Morgan fingerprint density at radius 2 is 2.17 bits per heavy atom. The maximum atomic E-state index is 8.96. The van der Waals surface area contributed by atoms with Crippen LogP contribution in [0, 0.1) is 11.3 Å². The van der Waals surface area contributed by atoms with E-state index < -0.39 is 0 Å². The van der Waals surface area contributed by atoms with Gasteiger partial charge in [-0.1, -0.05) is 34.1 Å². The van der Waals surface area contributed by atoms with E-state index in [9.17, 15) is 0 Å². The van der Waals surface area contributed by atoms with E-state index in [1.165, 1.54) is 6.20 Å². The van der Waals surface area contributed by atoms with E-state index in [1.54, 1.807) is 6.07 Å². The highest BCUT2D eigenvalue weighted by atomic mass is 79.9. The smallest absolute Gasteiger partial charge is 0.232 e. The number of nitrogen functional groups attached to an aromatic ring is 1. The third-order valence-electron chi connectivity index (χ3n) is 2.31. The minimum absolute atomic E-state index is 0.294. The second-order valence-corrected chi connectivity index (χ2v) is 4.47. The van der Waals surface area contributed by atoms with E-state index in [-0.39, 0.29) is 0 Å². The van der Waals surface area contributed by atoms with Crippen LogP contribution in [0.1, 0.15) is 11.1 Å². The zero-order chi connectivity index (χ0) is 13.0. The van der Waals surface area contributed by atoms with Crippen molar-refractivity contribution in [3.05, 3.63) is 52.1 Å². The average molecular weight is 304 g/mol. The van der Waals surface area contributed by atoms with Crippen LogP contribution < -0.4 is 10.5 Å². The molecule has 0 aliphatic carbocycles. The van der Waals surface area contributed by atoms with Gasteiger partial charge in [-0.15, -0.1) is 0 Å². The molecule has 0 unspecified atom stereocenters. The summed E-state index contributed by atoms with van der Waals surface area (Å²) >= 11 is 3.43. The molecule has 2 rings (SSSR count). The summed E-state index contributed by atoms with van der Waals surface area (Å²) in [6, 6.07) is 11.3. The first kappa shape index (κ1) is 12.4. The number of anilines is 1. The third-order valence-corrected chi connectivity index (χ3v) is 3.09. The maximum Gasteiger partial charge on any atom is 0.232 e. The molecule has 0 spiro atoms. The molecule has 1 aromatic carbocycles. The Morgan fingerprint density at radius 3 is 2.89 bits per heavy atom. The lowest BCUT2D eigenvalue weighted by Crippen LogP contribution is -2.01. The highest BCUT2D eigenvalue weighted by molar-refractivity contribution is 9.10. The van der Waals surface area contributed by atoms with Crippen LogP contribution in [0.15, 0.2) is 41.0 Å². The van der Waals surface area contributed by atoms with Crippen LogP contribution in [-0.4, -0.2) is 4.98 Å². The van der Waals surface area contributed by atoms with Crippen molar-refractivity contribution in [1.82, 2.24) is 4.98 Å². The highest BCUT2D eigenvalue weighted by Crippen LogP contribution is 2.21. The molecule has 2 aromatic rings. The molecule has 0 fully saturated rings. The average Bonchev–Trinajstić information content (AvgIpc) is 2.39. The molecule has 0 bridgehead atoms. The molecule has 1 heterocycles. The van der Waals surface area contributed by atoms with Gasteiger partial charge in [0.25, 0.3) is 0 Å². The molecule has 4 nitrogen and oxygen atoms in total. The van der Waals surface area contributed by atoms with Crippen LogP contribution in [0.3, 0.4) is 0 Å². The number of hydrogen-bond acceptors (Lipinski definition) is 4. The number of halogens is 1. The molecular weight excluding hydrogens is 294 g/mol. The minimum atomic E-state index is 0.294. The first-order chi connectivity index (χ1) is 8.70. The van der Waals surface area contributed by atoms with Crippen molar-refractivity contribution in [3.8, 4) is 11.9 Å². The molecule has 18 heavy (non-hydrogen) atoms. The Morgan fingerprint density at radius 1 is 1.39 bits per heavy atom. The Hall–Kier alpha value is -2.06. The van der Waals surface area contributed by atoms with Gasteiger partial charge in [0.05, 0.1) is 11.9 Å². The largest absolute Gasteiger partial charge is 0.472 e. The van der Waals surface area contributed by atoms with Crippen molar-refractivity contribution in [2.75, 3.05) is 5.73 Å². The summed E-state index contributed by atoms with van der Waals surface area (Å²) in [5.41, 5.74) is 7.32. The molecule has 0 aliphatic heterocycles. The summed E-state index contributed by atoms with van der Waals surface area (Å²) in [6.07, 6.45) is 1.47. The highest BCUT2D eigenvalue weighted by Gasteiger charge is 2.07. The van der Waals surface area contributed by atoms with Gasteiger partial charge in [-0.25, -0.2) is 4.98 Å². The van der Waals surface area contributed by atoms with Gasteiger partial charge < -0.3 is 10.5 Å². The lowest BCUT2D eigenvalue weighted by Gasteiger charge is -2.08. The Kier molecular flexibility index (Phi) is 3.80. The predicted octanol–water partition coefficient (Wildman–Crippen LogP) is 2.88.